The Balaban J connectivity index is 1.98. The van der Waals surface area contributed by atoms with Gasteiger partial charge in [0, 0.05) is 23.6 Å². The minimum Gasteiger partial charge on any atom is -0.504 e. The first-order chi connectivity index (χ1) is 13.0. The molecule has 0 fully saturated rings. The minimum absolute atomic E-state index is 0.0142. The number of phenolic OH excluding ortho intramolecular Hbond substituents is 1. The fourth-order valence-corrected chi connectivity index (χ4v) is 4.00. The van der Waals surface area contributed by atoms with Crippen LogP contribution in [0.3, 0.4) is 0 Å². The Morgan fingerprint density at radius 2 is 2.07 bits per heavy atom. The molecule has 0 bridgehead atoms. The number of allylic oxidation sites excluding steroid dienone is 2. The summed E-state index contributed by atoms with van der Waals surface area (Å²) in [4.78, 5) is 31.1. The number of fused-ring (bicyclic) bond motifs is 1. The highest BCUT2D eigenvalue weighted by atomic mass is 32.1. The average Bonchev–Trinajstić information content (AvgIpc) is 2.62. The number of hydrogen-bond donors (Lipinski definition) is 4. The van der Waals surface area contributed by atoms with Gasteiger partial charge in [-0.15, -0.1) is 0 Å². The number of aromatic amines is 2. The van der Waals surface area contributed by atoms with E-state index in [4.69, 9.17) is 17.0 Å². The third kappa shape index (κ3) is 2.95. The molecule has 0 spiro atoms. The highest BCUT2D eigenvalue weighted by Gasteiger charge is 2.37. The van der Waals surface area contributed by atoms with Crippen molar-refractivity contribution in [3.05, 3.63) is 55.7 Å². The molecule has 0 saturated heterocycles. The van der Waals surface area contributed by atoms with Crippen LogP contribution in [0.5, 0.6) is 11.5 Å². The molecule has 140 valence electrons. The topological polar surface area (TPSA) is 107 Å². The van der Waals surface area contributed by atoms with E-state index in [1.54, 1.807) is 12.1 Å². The molecule has 1 aromatic carbocycles. The fraction of sp³-hybridized carbons (Fsp3) is 0.316. The summed E-state index contributed by atoms with van der Waals surface area (Å²) in [6.07, 6.45) is 1.93. The summed E-state index contributed by atoms with van der Waals surface area (Å²) >= 11 is 5.10. The van der Waals surface area contributed by atoms with Gasteiger partial charge >= 0.3 is 0 Å². The number of carbonyl (C=O) groups is 1. The summed E-state index contributed by atoms with van der Waals surface area (Å²) in [5.74, 6) is 0.307. The summed E-state index contributed by atoms with van der Waals surface area (Å²) in [7, 11) is 0. The molecule has 2 aromatic rings. The second-order valence-electron chi connectivity index (χ2n) is 6.58. The predicted molar refractivity (Wildman–Crippen MR) is 103 cm³/mol. The highest BCUT2D eigenvalue weighted by Crippen LogP contribution is 2.44. The van der Waals surface area contributed by atoms with Gasteiger partial charge in [-0.3, -0.25) is 14.6 Å². The van der Waals surface area contributed by atoms with E-state index in [1.165, 1.54) is 6.07 Å². The first-order valence-electron chi connectivity index (χ1n) is 8.85. The number of rotatable bonds is 3. The minimum atomic E-state index is -0.556. The van der Waals surface area contributed by atoms with Crippen molar-refractivity contribution >= 4 is 23.8 Å². The maximum atomic E-state index is 12.8. The lowest BCUT2D eigenvalue weighted by Crippen LogP contribution is -2.32. The number of phenols is 1. The monoisotopic (exact) mass is 385 g/mol. The molecule has 27 heavy (non-hydrogen) atoms. The van der Waals surface area contributed by atoms with Crippen molar-refractivity contribution in [3.63, 3.8) is 0 Å². The molecule has 4 N–H and O–H groups in total. The average molecular weight is 385 g/mol. The zero-order valence-corrected chi connectivity index (χ0v) is 15.5. The van der Waals surface area contributed by atoms with Crippen LogP contribution in [0.15, 0.2) is 34.3 Å². The third-order valence-electron chi connectivity index (χ3n) is 4.91. The number of Topliss-reactive ketones (excluding diaryl/α,β-unsaturated/α-hetero) is 1. The van der Waals surface area contributed by atoms with Crippen molar-refractivity contribution < 1.29 is 14.6 Å². The summed E-state index contributed by atoms with van der Waals surface area (Å²) in [5, 5.41) is 13.2. The number of nitrogens with one attached hydrogen (secondary N) is 3. The molecule has 0 saturated carbocycles. The van der Waals surface area contributed by atoms with Gasteiger partial charge < -0.3 is 20.1 Å². The van der Waals surface area contributed by atoms with E-state index < -0.39 is 5.92 Å². The number of aromatic hydroxyl groups is 1. The van der Waals surface area contributed by atoms with Gasteiger partial charge in [-0.05, 0) is 49.7 Å². The van der Waals surface area contributed by atoms with Crippen LogP contribution in [0.1, 0.15) is 43.2 Å². The van der Waals surface area contributed by atoms with Crippen LogP contribution >= 0.6 is 12.2 Å². The Hall–Kier alpha value is -2.87. The second-order valence-corrected chi connectivity index (χ2v) is 6.99. The third-order valence-corrected chi connectivity index (χ3v) is 5.11. The number of carbonyl (C=O) groups excluding carboxylic acids is 1. The van der Waals surface area contributed by atoms with Gasteiger partial charge in [0.25, 0.3) is 5.56 Å². The summed E-state index contributed by atoms with van der Waals surface area (Å²) in [5.41, 5.74) is 2.18. The quantitative estimate of drug-likeness (QED) is 0.605. The lowest BCUT2D eigenvalue weighted by molar-refractivity contribution is -0.116. The number of anilines is 1. The number of aromatic nitrogens is 2. The van der Waals surface area contributed by atoms with Crippen LogP contribution in [0.2, 0.25) is 0 Å². The van der Waals surface area contributed by atoms with Gasteiger partial charge in [0.05, 0.1) is 12.2 Å². The van der Waals surface area contributed by atoms with Crippen LogP contribution in [0.4, 0.5) is 5.82 Å². The Bertz CT molecular complexity index is 1080. The number of hydrogen-bond acceptors (Lipinski definition) is 6. The molecule has 0 radical (unpaired) electrons. The molecular formula is C19H19N3O4S. The Morgan fingerprint density at radius 1 is 1.26 bits per heavy atom. The lowest BCUT2D eigenvalue weighted by atomic mass is 9.76. The molecule has 7 nitrogen and oxygen atoms in total. The van der Waals surface area contributed by atoms with Gasteiger partial charge in [-0.1, -0.05) is 6.07 Å². The summed E-state index contributed by atoms with van der Waals surface area (Å²) in [6, 6.07) is 4.92. The fourth-order valence-electron chi connectivity index (χ4n) is 3.81. The molecule has 0 amide bonds. The number of benzene rings is 1. The van der Waals surface area contributed by atoms with E-state index in [1.807, 2.05) is 6.92 Å². The first-order valence-corrected chi connectivity index (χ1v) is 9.26. The molecule has 1 aliphatic heterocycles. The molecule has 1 aromatic heterocycles. The van der Waals surface area contributed by atoms with Crippen molar-refractivity contribution in [3.8, 4) is 11.5 Å². The zero-order chi connectivity index (χ0) is 19.1. The zero-order valence-electron chi connectivity index (χ0n) is 14.7. The lowest BCUT2D eigenvalue weighted by Gasteiger charge is -2.33. The van der Waals surface area contributed by atoms with Crippen LogP contribution in [-0.2, 0) is 4.79 Å². The highest BCUT2D eigenvalue weighted by molar-refractivity contribution is 7.71. The van der Waals surface area contributed by atoms with E-state index in [9.17, 15) is 14.7 Å². The van der Waals surface area contributed by atoms with Gasteiger partial charge in [0.2, 0.25) is 0 Å². The Kier molecular flexibility index (Phi) is 4.35. The van der Waals surface area contributed by atoms with Crippen LogP contribution in [0, 0.1) is 4.77 Å². The van der Waals surface area contributed by atoms with Crippen molar-refractivity contribution in [1.29, 1.82) is 0 Å². The summed E-state index contributed by atoms with van der Waals surface area (Å²) in [6.45, 7) is 2.21. The Morgan fingerprint density at radius 3 is 2.85 bits per heavy atom. The van der Waals surface area contributed by atoms with Crippen molar-refractivity contribution in [2.24, 2.45) is 0 Å². The maximum absolute atomic E-state index is 12.8. The number of ether oxygens (including phenoxy) is 1. The van der Waals surface area contributed by atoms with E-state index in [0.29, 0.717) is 41.3 Å². The molecule has 8 heteroatoms. The smallest absolute Gasteiger partial charge is 0.257 e. The van der Waals surface area contributed by atoms with Crippen molar-refractivity contribution in [2.45, 2.75) is 32.1 Å². The van der Waals surface area contributed by atoms with Crippen molar-refractivity contribution in [2.75, 3.05) is 11.9 Å². The van der Waals surface area contributed by atoms with Gasteiger partial charge in [0.15, 0.2) is 22.1 Å². The summed E-state index contributed by atoms with van der Waals surface area (Å²) < 4.78 is 5.71. The molecule has 1 atom stereocenters. The van der Waals surface area contributed by atoms with E-state index in [2.05, 4.69) is 15.3 Å². The largest absolute Gasteiger partial charge is 0.504 e. The van der Waals surface area contributed by atoms with E-state index in [-0.39, 0.29) is 21.9 Å². The molecule has 4 rings (SSSR count). The second kappa shape index (κ2) is 6.70. The van der Waals surface area contributed by atoms with Crippen LogP contribution < -0.4 is 15.6 Å². The SMILES string of the molecule is CCOc1cc(C2C3=C(CCCC3=O)Nc3[nH]c(=S)[nH]c(=O)c32)ccc1O. The maximum Gasteiger partial charge on any atom is 0.257 e. The standard InChI is InChI=1S/C19H19N3O4S/c1-2-26-13-8-9(6-7-11(13)23)14-15-10(4-3-5-12(15)24)20-17-16(14)18(25)22-19(27)21-17/h6-8,14,23H,2-5H2,1H3,(H3,20,21,22,25,27). The van der Waals surface area contributed by atoms with Gasteiger partial charge in [0.1, 0.15) is 5.82 Å². The van der Waals surface area contributed by atoms with Crippen LogP contribution in [-0.4, -0.2) is 27.5 Å². The molecule has 1 unspecified atom stereocenters. The Labute approximate surface area is 160 Å². The molecule has 2 heterocycles. The molecule has 1 aliphatic carbocycles. The first kappa shape index (κ1) is 17.5. The molecule has 2 aliphatic rings. The van der Waals surface area contributed by atoms with E-state index in [0.717, 1.165) is 18.5 Å². The van der Waals surface area contributed by atoms with Gasteiger partial charge in [-0.25, -0.2) is 0 Å². The number of ketones is 1. The van der Waals surface area contributed by atoms with Crippen LogP contribution in [0.25, 0.3) is 0 Å². The predicted octanol–water partition coefficient (Wildman–Crippen LogP) is 3.10. The molecular weight excluding hydrogens is 366 g/mol. The normalized spacial score (nSPS) is 18.6. The van der Waals surface area contributed by atoms with E-state index >= 15 is 0 Å². The number of H-pyrrole nitrogens is 2. The van der Waals surface area contributed by atoms with Crippen molar-refractivity contribution in [1.82, 2.24) is 9.97 Å². The van der Waals surface area contributed by atoms with Gasteiger partial charge in [-0.2, -0.15) is 0 Å².